The maximum absolute atomic E-state index is 13.4. The van der Waals surface area contributed by atoms with Crippen LogP contribution >= 0.6 is 0 Å². The minimum absolute atomic E-state index is 0.238. The van der Waals surface area contributed by atoms with E-state index in [1.54, 1.807) is 0 Å². The number of ether oxygens (including phenoxy) is 6. The van der Waals surface area contributed by atoms with Gasteiger partial charge in [0.15, 0.2) is 18.9 Å². The highest BCUT2D eigenvalue weighted by atomic mass is 16.8. The van der Waals surface area contributed by atoms with Gasteiger partial charge in [0.05, 0.1) is 38.6 Å². The average Bonchev–Trinajstić information content (AvgIpc) is 1.89. The van der Waals surface area contributed by atoms with Crippen molar-refractivity contribution in [1.29, 1.82) is 0 Å². The zero-order valence-electron chi connectivity index (χ0n) is 53.8. The normalized spacial score (nSPS) is 28.7. The summed E-state index contributed by atoms with van der Waals surface area (Å²) in [5, 5.41) is 120. The van der Waals surface area contributed by atoms with Gasteiger partial charge in [-0.25, -0.2) is 0 Å². The van der Waals surface area contributed by atoms with Crippen molar-refractivity contribution in [3.63, 3.8) is 0 Å². The Bertz CT molecular complexity index is 1570. The Labute approximate surface area is 519 Å². The number of carbonyl (C=O) groups excluding carboxylic acids is 1. The van der Waals surface area contributed by atoms with Crippen LogP contribution in [0.25, 0.3) is 0 Å². The maximum Gasteiger partial charge on any atom is 0.220 e. The molecule has 0 spiro atoms. The number of rotatable bonds is 55. The van der Waals surface area contributed by atoms with Crippen LogP contribution in [0.15, 0.2) is 0 Å². The predicted octanol–water partition coefficient (Wildman–Crippen LogP) is 9.11. The van der Waals surface area contributed by atoms with Gasteiger partial charge in [-0.1, -0.05) is 271 Å². The molecule has 3 saturated heterocycles. The molecule has 3 aliphatic heterocycles. The van der Waals surface area contributed by atoms with E-state index >= 15 is 0 Å². The van der Waals surface area contributed by atoms with Gasteiger partial charge in [-0.2, -0.15) is 0 Å². The SMILES string of the molecule is CCCCCCCCCCCCCCCCCCCCCCCCCCCCCCCCCC(=O)NC(COC1OC(CO)C(OC2OC(CO)C(OC3OC(CO)C(O)C(O)C3O)C(O)C2O)C(O)C1O)C(O)CCCCCCCCCCCC. The van der Waals surface area contributed by atoms with Crippen LogP contribution in [0.4, 0.5) is 0 Å². The molecular formula is C67H129NO18. The molecule has 17 atom stereocenters. The molecule has 17 unspecified atom stereocenters. The van der Waals surface area contributed by atoms with Crippen molar-refractivity contribution in [2.45, 2.75) is 394 Å². The van der Waals surface area contributed by atoms with Gasteiger partial charge in [-0.05, 0) is 12.8 Å². The van der Waals surface area contributed by atoms with Crippen molar-refractivity contribution < 1.29 is 89.4 Å². The monoisotopic (exact) mass is 1240 g/mol. The van der Waals surface area contributed by atoms with Crippen LogP contribution in [-0.4, -0.2) is 193 Å². The van der Waals surface area contributed by atoms with Gasteiger partial charge < -0.3 is 89.9 Å². The summed E-state index contributed by atoms with van der Waals surface area (Å²) in [4.78, 5) is 13.4. The van der Waals surface area contributed by atoms with Gasteiger partial charge in [-0.15, -0.1) is 0 Å². The summed E-state index contributed by atoms with van der Waals surface area (Å²) < 4.78 is 34.3. The molecule has 3 rings (SSSR count). The van der Waals surface area contributed by atoms with E-state index in [1.807, 2.05) is 0 Å². The fourth-order valence-corrected chi connectivity index (χ4v) is 12.4. The average molecular weight is 1240 g/mol. The molecule has 0 saturated carbocycles. The molecule has 86 heavy (non-hydrogen) atoms. The molecule has 0 radical (unpaired) electrons. The standard InChI is InChI=1S/C67H129NO18/c1-3-5-7-9-11-13-15-16-17-18-19-20-21-22-23-24-25-26-27-28-29-30-31-32-33-34-35-37-39-41-43-45-55(73)68-50(51(72)44-42-40-38-36-14-12-10-8-6-4-2)49-81-65-61(79)58(76)63(53(47-70)83-65)86-67-62(80)59(77)64(54(48-71)84-67)85-66-60(78)57(75)56(74)52(46-69)82-66/h50-54,56-67,69-72,74-80H,3-49H2,1-2H3,(H,68,73). The van der Waals surface area contributed by atoms with Crippen LogP contribution < -0.4 is 5.32 Å². The highest BCUT2D eigenvalue weighted by molar-refractivity contribution is 5.76. The Hall–Kier alpha value is -1.21. The summed E-state index contributed by atoms with van der Waals surface area (Å²) in [5.41, 5.74) is 0. The number of hydrogen-bond acceptors (Lipinski definition) is 18. The first kappa shape index (κ1) is 79.0. The Kier molecular flexibility index (Phi) is 46.3. The third-order valence-electron chi connectivity index (χ3n) is 18.2. The molecule has 1 amide bonds. The predicted molar refractivity (Wildman–Crippen MR) is 333 cm³/mol. The number of unbranched alkanes of at least 4 members (excludes halogenated alkanes) is 39. The lowest BCUT2D eigenvalue weighted by molar-refractivity contribution is -0.379. The molecule has 3 aliphatic rings. The number of amides is 1. The fraction of sp³-hybridized carbons (Fsp3) is 0.985. The van der Waals surface area contributed by atoms with Gasteiger partial charge in [0.2, 0.25) is 5.91 Å². The third-order valence-corrected chi connectivity index (χ3v) is 18.2. The Balaban J connectivity index is 1.33. The summed E-state index contributed by atoms with van der Waals surface area (Å²) in [6, 6.07) is -0.880. The molecule has 0 bridgehead atoms. The van der Waals surface area contributed by atoms with E-state index in [0.29, 0.717) is 12.8 Å². The lowest BCUT2D eigenvalue weighted by Gasteiger charge is -2.48. The van der Waals surface area contributed by atoms with Crippen molar-refractivity contribution in [3.05, 3.63) is 0 Å². The van der Waals surface area contributed by atoms with E-state index in [4.69, 9.17) is 28.4 Å². The van der Waals surface area contributed by atoms with E-state index in [9.17, 15) is 61.0 Å². The molecule has 0 aromatic carbocycles. The first-order valence-electron chi connectivity index (χ1n) is 35.3. The second-order valence-electron chi connectivity index (χ2n) is 25.7. The van der Waals surface area contributed by atoms with E-state index in [-0.39, 0.29) is 18.9 Å². The quantitative estimate of drug-likeness (QED) is 0.0253. The van der Waals surface area contributed by atoms with E-state index in [0.717, 1.165) is 44.9 Å². The number of carbonyl (C=O) groups is 1. The van der Waals surface area contributed by atoms with Crippen molar-refractivity contribution in [2.24, 2.45) is 0 Å². The fourth-order valence-electron chi connectivity index (χ4n) is 12.4. The lowest BCUT2D eigenvalue weighted by Crippen LogP contribution is -2.66. The minimum Gasteiger partial charge on any atom is -0.394 e. The summed E-state index contributed by atoms with van der Waals surface area (Å²) >= 11 is 0. The van der Waals surface area contributed by atoms with Crippen molar-refractivity contribution >= 4 is 5.91 Å². The maximum atomic E-state index is 13.4. The molecule has 3 heterocycles. The van der Waals surface area contributed by atoms with Crippen LogP contribution in [0, 0.1) is 0 Å². The molecule has 0 aromatic heterocycles. The minimum atomic E-state index is -1.97. The second kappa shape index (κ2) is 50.4. The first-order chi connectivity index (χ1) is 41.8. The number of aliphatic hydroxyl groups excluding tert-OH is 11. The molecular weight excluding hydrogens is 1110 g/mol. The van der Waals surface area contributed by atoms with E-state index in [2.05, 4.69) is 19.2 Å². The lowest BCUT2D eigenvalue weighted by atomic mass is 9.96. The second-order valence-corrected chi connectivity index (χ2v) is 25.7. The zero-order chi connectivity index (χ0) is 62.6. The van der Waals surface area contributed by atoms with Crippen LogP contribution in [0.1, 0.15) is 290 Å². The molecule has 12 N–H and O–H groups in total. The van der Waals surface area contributed by atoms with Crippen molar-refractivity contribution in [3.8, 4) is 0 Å². The van der Waals surface area contributed by atoms with Gasteiger partial charge in [0, 0.05) is 6.42 Å². The van der Waals surface area contributed by atoms with Crippen LogP contribution in [0.2, 0.25) is 0 Å². The highest BCUT2D eigenvalue weighted by Crippen LogP contribution is 2.33. The smallest absolute Gasteiger partial charge is 0.220 e. The van der Waals surface area contributed by atoms with Crippen LogP contribution in [0.5, 0.6) is 0 Å². The summed E-state index contributed by atoms with van der Waals surface area (Å²) in [6.45, 7) is 1.81. The Morgan fingerprint density at radius 1 is 0.372 bits per heavy atom. The summed E-state index contributed by atoms with van der Waals surface area (Å²) in [5.74, 6) is -0.238. The summed E-state index contributed by atoms with van der Waals surface area (Å²) in [6.07, 6.45) is 26.6. The Morgan fingerprint density at radius 3 is 1.01 bits per heavy atom. The van der Waals surface area contributed by atoms with E-state index in [1.165, 1.54) is 212 Å². The van der Waals surface area contributed by atoms with Gasteiger partial charge in [-0.3, -0.25) is 4.79 Å². The molecule has 510 valence electrons. The molecule has 19 heteroatoms. The largest absolute Gasteiger partial charge is 0.394 e. The third kappa shape index (κ3) is 32.4. The molecule has 3 fully saturated rings. The topological polar surface area (TPSA) is 307 Å². The van der Waals surface area contributed by atoms with Gasteiger partial charge in [0.1, 0.15) is 73.2 Å². The number of hydrogen-bond donors (Lipinski definition) is 12. The van der Waals surface area contributed by atoms with E-state index < -0.39 is 124 Å². The van der Waals surface area contributed by atoms with Crippen LogP contribution in [0.3, 0.4) is 0 Å². The highest BCUT2D eigenvalue weighted by Gasteiger charge is 2.53. The van der Waals surface area contributed by atoms with Crippen LogP contribution in [-0.2, 0) is 33.2 Å². The van der Waals surface area contributed by atoms with Crippen molar-refractivity contribution in [1.82, 2.24) is 5.32 Å². The summed E-state index contributed by atoms with van der Waals surface area (Å²) in [7, 11) is 0. The first-order valence-corrected chi connectivity index (χ1v) is 35.3. The molecule has 0 aromatic rings. The zero-order valence-corrected chi connectivity index (χ0v) is 53.8. The molecule has 0 aliphatic carbocycles. The van der Waals surface area contributed by atoms with Crippen molar-refractivity contribution in [2.75, 3.05) is 26.4 Å². The van der Waals surface area contributed by atoms with Gasteiger partial charge >= 0.3 is 0 Å². The molecule has 19 nitrogen and oxygen atoms in total. The Morgan fingerprint density at radius 2 is 0.663 bits per heavy atom. The number of nitrogens with one attached hydrogen (secondary N) is 1. The van der Waals surface area contributed by atoms with Gasteiger partial charge in [0.25, 0.3) is 0 Å². The number of aliphatic hydroxyl groups is 11.